The van der Waals surface area contributed by atoms with Crippen LogP contribution in [0.15, 0.2) is 0 Å². The summed E-state index contributed by atoms with van der Waals surface area (Å²) in [5.41, 5.74) is 0.842. The lowest BCUT2D eigenvalue weighted by Crippen LogP contribution is -2.57. The van der Waals surface area contributed by atoms with Crippen LogP contribution in [-0.2, 0) is 0 Å². The van der Waals surface area contributed by atoms with Gasteiger partial charge in [-0.05, 0) is 90.0 Å². The maximum atomic E-state index is 2.48. The van der Waals surface area contributed by atoms with Crippen LogP contribution < -0.4 is 0 Å². The van der Waals surface area contributed by atoms with E-state index in [0.29, 0.717) is 0 Å². The normalized spacial score (nSPS) is 32.7. The highest BCUT2D eigenvalue weighted by atomic mass is 15.2. The van der Waals surface area contributed by atoms with E-state index >= 15 is 0 Å². The molecule has 2 atom stereocenters. The highest BCUT2D eigenvalue weighted by Crippen LogP contribution is 2.47. The van der Waals surface area contributed by atoms with Gasteiger partial charge in [0.15, 0.2) is 0 Å². The summed E-state index contributed by atoms with van der Waals surface area (Å²) in [6.45, 7) is 12.2. The van der Waals surface area contributed by atoms with E-state index in [0.717, 1.165) is 17.3 Å². The Labute approximate surface area is 164 Å². The van der Waals surface area contributed by atoms with E-state index in [1.165, 1.54) is 97.1 Å². The van der Waals surface area contributed by atoms with Gasteiger partial charge < -0.3 is 14.7 Å². The first-order chi connectivity index (χ1) is 12.6. The first-order valence-corrected chi connectivity index (χ1v) is 11.6. The lowest BCUT2D eigenvalue weighted by molar-refractivity contribution is -0.0436. The third-order valence-electron chi connectivity index (χ3n) is 7.11. The smallest absolute Gasteiger partial charge is 0.00474 e. The molecular weight excluding hydrogens is 318 g/mol. The molecule has 0 amide bonds. The van der Waals surface area contributed by atoms with Gasteiger partial charge in [-0.3, -0.25) is 0 Å². The van der Waals surface area contributed by atoms with Crippen molar-refractivity contribution in [2.75, 3.05) is 60.4 Å². The van der Waals surface area contributed by atoms with Crippen LogP contribution in [0.1, 0.15) is 71.6 Å². The second-order valence-electron chi connectivity index (χ2n) is 9.56. The number of nitrogens with zero attached hydrogens (tertiary/aromatic N) is 3. The predicted octanol–water partition coefficient (Wildman–Crippen LogP) is 4.58. The van der Waals surface area contributed by atoms with Crippen molar-refractivity contribution in [1.29, 1.82) is 0 Å². The Morgan fingerprint density at radius 1 is 0.615 bits per heavy atom. The van der Waals surface area contributed by atoms with Crippen molar-refractivity contribution < 1.29 is 0 Å². The molecule has 3 nitrogen and oxygen atoms in total. The van der Waals surface area contributed by atoms with Gasteiger partial charge in [-0.2, -0.15) is 0 Å². The number of likely N-dealkylation sites (tertiary alicyclic amines) is 3. The van der Waals surface area contributed by atoms with Gasteiger partial charge in [-0.15, -0.1) is 0 Å². The average Bonchev–Trinajstić information content (AvgIpc) is 3.14. The van der Waals surface area contributed by atoms with Crippen molar-refractivity contribution >= 4 is 0 Å². The maximum absolute atomic E-state index is 2.48. The fraction of sp³-hybridized carbons (Fsp3) is 1.00. The molecule has 2 saturated carbocycles. The second-order valence-corrected chi connectivity index (χ2v) is 9.56. The van der Waals surface area contributed by atoms with Crippen molar-refractivity contribution in [1.82, 2.24) is 14.7 Å². The number of piperidine rings is 1. The van der Waals surface area contributed by atoms with Gasteiger partial charge >= 0.3 is 0 Å². The van der Waals surface area contributed by atoms with Crippen molar-refractivity contribution in [2.45, 2.75) is 71.6 Å². The molecule has 3 heterocycles. The van der Waals surface area contributed by atoms with Crippen molar-refractivity contribution in [3.8, 4) is 0 Å². The van der Waals surface area contributed by atoms with E-state index in [9.17, 15) is 0 Å². The Kier molecular flexibility index (Phi) is 9.40. The molecule has 3 heteroatoms. The van der Waals surface area contributed by atoms with Crippen LogP contribution in [-0.4, -0.2) is 75.1 Å². The Balaban J connectivity index is 0.000000135. The molecule has 0 aromatic carbocycles. The van der Waals surface area contributed by atoms with Crippen molar-refractivity contribution in [3.05, 3.63) is 0 Å². The molecule has 5 rings (SSSR count). The molecule has 5 fully saturated rings. The molecule has 0 aromatic rings. The maximum Gasteiger partial charge on any atom is 0.00474 e. The van der Waals surface area contributed by atoms with E-state index in [4.69, 9.17) is 0 Å². The molecule has 0 radical (unpaired) electrons. The van der Waals surface area contributed by atoms with E-state index in [2.05, 4.69) is 35.8 Å². The highest BCUT2D eigenvalue weighted by molar-refractivity contribution is 4.98. The van der Waals surface area contributed by atoms with Crippen LogP contribution in [0.5, 0.6) is 0 Å². The van der Waals surface area contributed by atoms with Gasteiger partial charge in [-0.25, -0.2) is 0 Å². The topological polar surface area (TPSA) is 9.72 Å². The predicted molar refractivity (Wildman–Crippen MR) is 115 cm³/mol. The summed E-state index contributed by atoms with van der Waals surface area (Å²) in [5, 5.41) is 0. The number of fused-ring (bicyclic) bond motifs is 1. The quantitative estimate of drug-likeness (QED) is 0.622. The van der Waals surface area contributed by atoms with Gasteiger partial charge in [0.25, 0.3) is 0 Å². The fourth-order valence-corrected chi connectivity index (χ4v) is 5.61. The fourth-order valence-electron chi connectivity index (χ4n) is 5.61. The number of rotatable bonds is 0. The molecule has 2 aliphatic carbocycles. The first-order valence-electron chi connectivity index (χ1n) is 11.6. The van der Waals surface area contributed by atoms with E-state index in [1.54, 1.807) is 0 Å². The first kappa shape index (κ1) is 22.2. The monoisotopic (exact) mass is 365 g/mol. The van der Waals surface area contributed by atoms with Crippen LogP contribution in [0.25, 0.3) is 0 Å². The minimum atomic E-state index is 0.842. The summed E-state index contributed by atoms with van der Waals surface area (Å²) in [4.78, 5) is 7.29. The molecule has 0 aromatic heterocycles. The Morgan fingerprint density at radius 3 is 1.46 bits per heavy atom. The average molecular weight is 366 g/mol. The minimum Gasteiger partial charge on any atom is -0.306 e. The summed E-state index contributed by atoms with van der Waals surface area (Å²) in [6.07, 6.45) is 13.3. The van der Waals surface area contributed by atoms with Crippen LogP contribution in [0.3, 0.4) is 0 Å². The summed E-state index contributed by atoms with van der Waals surface area (Å²) in [6, 6.07) is 0. The van der Waals surface area contributed by atoms with E-state index in [-0.39, 0.29) is 0 Å². The molecule has 26 heavy (non-hydrogen) atoms. The van der Waals surface area contributed by atoms with Gasteiger partial charge in [-0.1, -0.05) is 33.1 Å². The van der Waals surface area contributed by atoms with Crippen LogP contribution in [0.2, 0.25) is 0 Å². The molecule has 0 N–H and O–H groups in total. The largest absolute Gasteiger partial charge is 0.306 e. The molecular formula is C23H47N3. The third-order valence-corrected chi connectivity index (χ3v) is 7.11. The molecule has 5 aliphatic rings. The van der Waals surface area contributed by atoms with Gasteiger partial charge in [0.2, 0.25) is 0 Å². The standard InChI is InChI=1S/C8H15N.C7H13N.C6H13N.C2H6/c1-9-5-7-3-2-4-8(7)6-9;1-8-5-7(6-8)3-2-4-7;1-7-5-3-2-4-6-7;1-2/h7-8H,2-6H2,1H3;2-6H2,1H3;2-6H2,1H3;1-2H3. The van der Waals surface area contributed by atoms with Crippen LogP contribution >= 0.6 is 0 Å². The molecule has 154 valence electrons. The molecule has 0 bridgehead atoms. The summed E-state index contributed by atoms with van der Waals surface area (Å²) in [5.74, 6) is 2.16. The molecule has 3 aliphatic heterocycles. The summed E-state index contributed by atoms with van der Waals surface area (Å²) >= 11 is 0. The second kappa shape index (κ2) is 11.0. The molecule has 2 unspecified atom stereocenters. The van der Waals surface area contributed by atoms with Crippen molar-refractivity contribution in [2.24, 2.45) is 17.3 Å². The SMILES string of the molecule is CC.CN1CC2(CCC2)C1.CN1CC2CCCC2C1.CN1CCCCC1. The Bertz CT molecular complexity index is 354. The van der Waals surface area contributed by atoms with Gasteiger partial charge in [0, 0.05) is 26.2 Å². The lowest BCUT2D eigenvalue weighted by Gasteiger charge is -2.54. The highest BCUT2D eigenvalue weighted by Gasteiger charge is 2.45. The molecule has 1 spiro atoms. The van der Waals surface area contributed by atoms with Crippen LogP contribution in [0.4, 0.5) is 0 Å². The van der Waals surface area contributed by atoms with E-state index in [1.807, 2.05) is 13.8 Å². The Hall–Kier alpha value is -0.120. The number of hydrogen-bond donors (Lipinski definition) is 0. The lowest BCUT2D eigenvalue weighted by atomic mass is 9.64. The Morgan fingerprint density at radius 2 is 1.15 bits per heavy atom. The van der Waals surface area contributed by atoms with Gasteiger partial charge in [0.05, 0.1) is 0 Å². The van der Waals surface area contributed by atoms with Gasteiger partial charge in [0.1, 0.15) is 0 Å². The number of hydrogen-bond acceptors (Lipinski definition) is 3. The van der Waals surface area contributed by atoms with Crippen LogP contribution in [0, 0.1) is 17.3 Å². The zero-order chi connectivity index (χ0) is 19.0. The zero-order valence-corrected chi connectivity index (χ0v) is 18.6. The van der Waals surface area contributed by atoms with Crippen molar-refractivity contribution in [3.63, 3.8) is 0 Å². The zero-order valence-electron chi connectivity index (χ0n) is 18.6. The summed E-state index contributed by atoms with van der Waals surface area (Å²) in [7, 11) is 6.65. The van der Waals surface area contributed by atoms with E-state index < -0.39 is 0 Å². The minimum absolute atomic E-state index is 0.842. The third kappa shape index (κ3) is 6.49. The summed E-state index contributed by atoms with van der Waals surface area (Å²) < 4.78 is 0. The molecule has 3 saturated heterocycles.